The summed E-state index contributed by atoms with van der Waals surface area (Å²) in [7, 11) is 0. The number of nitrogens with zero attached hydrogens (tertiary/aromatic N) is 3. The van der Waals surface area contributed by atoms with Gasteiger partial charge < -0.3 is 5.73 Å². The first-order valence-electron chi connectivity index (χ1n) is 6.08. The van der Waals surface area contributed by atoms with Crippen LogP contribution in [0.25, 0.3) is 0 Å². The number of rotatable bonds is 5. The van der Waals surface area contributed by atoms with E-state index in [-0.39, 0.29) is 5.82 Å². The molecule has 0 unspecified atom stereocenters. The van der Waals surface area contributed by atoms with Gasteiger partial charge in [0.15, 0.2) is 5.16 Å². The minimum atomic E-state index is 0.236. The van der Waals surface area contributed by atoms with Gasteiger partial charge in [-0.05, 0) is 5.56 Å². The molecule has 0 saturated carbocycles. The van der Waals surface area contributed by atoms with Crippen molar-refractivity contribution in [3.63, 3.8) is 0 Å². The van der Waals surface area contributed by atoms with Gasteiger partial charge in [-0.2, -0.15) is 5.26 Å². The normalized spacial score (nSPS) is 9.95. The highest BCUT2D eigenvalue weighted by molar-refractivity contribution is 7.99. The Labute approximate surface area is 122 Å². The maximum absolute atomic E-state index is 9.21. The molecule has 0 amide bonds. The molecule has 0 spiro atoms. The van der Waals surface area contributed by atoms with Crippen molar-refractivity contribution in [1.29, 1.82) is 5.26 Å². The summed E-state index contributed by atoms with van der Waals surface area (Å²) >= 11 is 1.45. The van der Waals surface area contributed by atoms with Crippen molar-refractivity contribution in [2.45, 2.75) is 11.6 Å². The first-order chi connectivity index (χ1) is 9.74. The van der Waals surface area contributed by atoms with Crippen LogP contribution >= 0.6 is 11.8 Å². The van der Waals surface area contributed by atoms with E-state index in [1.54, 1.807) is 6.08 Å². The van der Waals surface area contributed by atoms with Crippen LogP contribution in [-0.2, 0) is 6.42 Å². The van der Waals surface area contributed by atoms with Crippen LogP contribution in [0.1, 0.15) is 16.8 Å². The standard InChI is InChI=1S/C15H14N4S/c1-2-8-20-15-18-13(12(10-16)14(17)19-15)9-11-6-4-3-5-7-11/h2-7H,1,8-9H2,(H2,17,18,19). The van der Waals surface area contributed by atoms with Crippen molar-refractivity contribution in [1.82, 2.24) is 9.97 Å². The number of aromatic nitrogens is 2. The SMILES string of the molecule is C=CCSc1nc(N)c(C#N)c(Cc2ccccc2)n1. The molecule has 0 aliphatic heterocycles. The Morgan fingerprint density at radius 3 is 2.70 bits per heavy atom. The molecule has 0 aliphatic carbocycles. The molecule has 1 aromatic carbocycles. The van der Waals surface area contributed by atoms with Gasteiger partial charge in [0.05, 0.1) is 5.69 Å². The predicted octanol–water partition coefficient (Wildman–Crippen LogP) is 2.80. The molecule has 4 nitrogen and oxygen atoms in total. The highest BCUT2D eigenvalue weighted by atomic mass is 32.2. The van der Waals surface area contributed by atoms with E-state index in [0.29, 0.717) is 28.6 Å². The van der Waals surface area contributed by atoms with Crippen LogP contribution in [0.5, 0.6) is 0 Å². The van der Waals surface area contributed by atoms with E-state index in [1.165, 1.54) is 11.8 Å². The quantitative estimate of drug-likeness (QED) is 0.518. The van der Waals surface area contributed by atoms with Gasteiger partial charge in [0.2, 0.25) is 0 Å². The molecule has 2 aromatic rings. The fourth-order valence-corrected chi connectivity index (χ4v) is 2.34. The fourth-order valence-electron chi connectivity index (χ4n) is 1.74. The van der Waals surface area contributed by atoms with E-state index in [1.807, 2.05) is 30.3 Å². The second-order valence-electron chi connectivity index (χ2n) is 4.09. The van der Waals surface area contributed by atoms with Crippen LogP contribution in [0.3, 0.4) is 0 Å². The summed E-state index contributed by atoms with van der Waals surface area (Å²) in [6.07, 6.45) is 2.34. The van der Waals surface area contributed by atoms with Crippen LogP contribution < -0.4 is 5.73 Å². The number of hydrogen-bond donors (Lipinski definition) is 1. The summed E-state index contributed by atoms with van der Waals surface area (Å²) in [4.78, 5) is 8.58. The molecule has 0 fully saturated rings. The molecule has 2 N–H and O–H groups in total. The lowest BCUT2D eigenvalue weighted by atomic mass is 10.1. The van der Waals surface area contributed by atoms with Gasteiger partial charge in [-0.1, -0.05) is 48.2 Å². The van der Waals surface area contributed by atoms with Gasteiger partial charge in [-0.3, -0.25) is 0 Å². The lowest BCUT2D eigenvalue weighted by molar-refractivity contribution is 0.903. The first-order valence-corrected chi connectivity index (χ1v) is 7.07. The van der Waals surface area contributed by atoms with E-state index < -0.39 is 0 Å². The highest BCUT2D eigenvalue weighted by Gasteiger charge is 2.12. The lowest BCUT2D eigenvalue weighted by Gasteiger charge is -2.08. The maximum Gasteiger partial charge on any atom is 0.190 e. The molecule has 2 rings (SSSR count). The summed E-state index contributed by atoms with van der Waals surface area (Å²) in [5, 5.41) is 9.79. The van der Waals surface area contributed by atoms with E-state index in [4.69, 9.17) is 5.73 Å². The zero-order valence-electron chi connectivity index (χ0n) is 10.9. The van der Waals surface area contributed by atoms with E-state index in [0.717, 1.165) is 5.56 Å². The zero-order valence-corrected chi connectivity index (χ0v) is 11.7. The molecule has 1 heterocycles. The lowest BCUT2D eigenvalue weighted by Crippen LogP contribution is -2.06. The number of nitrogen functional groups attached to an aromatic ring is 1. The number of thioether (sulfide) groups is 1. The number of nitrogens with two attached hydrogens (primary N) is 1. The monoisotopic (exact) mass is 282 g/mol. The number of nitriles is 1. The Hall–Kier alpha value is -2.32. The topological polar surface area (TPSA) is 75.6 Å². The summed E-state index contributed by atoms with van der Waals surface area (Å²) in [5.41, 5.74) is 7.95. The molecule has 100 valence electrons. The summed E-state index contributed by atoms with van der Waals surface area (Å²) in [6.45, 7) is 3.66. The summed E-state index contributed by atoms with van der Waals surface area (Å²) < 4.78 is 0. The smallest absolute Gasteiger partial charge is 0.190 e. The summed E-state index contributed by atoms with van der Waals surface area (Å²) in [6, 6.07) is 11.9. The Balaban J connectivity index is 2.36. The van der Waals surface area contributed by atoms with Gasteiger partial charge >= 0.3 is 0 Å². The fraction of sp³-hybridized carbons (Fsp3) is 0.133. The highest BCUT2D eigenvalue weighted by Crippen LogP contribution is 2.21. The van der Waals surface area contributed by atoms with Crippen molar-refractivity contribution in [2.75, 3.05) is 11.5 Å². The van der Waals surface area contributed by atoms with Crippen molar-refractivity contribution in [2.24, 2.45) is 0 Å². The molecule has 1 aromatic heterocycles. The predicted molar refractivity (Wildman–Crippen MR) is 81.3 cm³/mol. The van der Waals surface area contributed by atoms with Gasteiger partial charge in [0.25, 0.3) is 0 Å². The van der Waals surface area contributed by atoms with Crippen LogP contribution in [0.2, 0.25) is 0 Å². The molecular weight excluding hydrogens is 268 g/mol. The third-order valence-corrected chi connectivity index (χ3v) is 3.49. The minimum Gasteiger partial charge on any atom is -0.382 e. The molecule has 0 atom stereocenters. The number of hydrogen-bond acceptors (Lipinski definition) is 5. The van der Waals surface area contributed by atoms with Crippen LogP contribution in [0, 0.1) is 11.3 Å². The Morgan fingerprint density at radius 2 is 2.05 bits per heavy atom. The van der Waals surface area contributed by atoms with E-state index in [9.17, 15) is 5.26 Å². The van der Waals surface area contributed by atoms with Gasteiger partial charge in [0.1, 0.15) is 17.5 Å². The van der Waals surface area contributed by atoms with Gasteiger partial charge in [0, 0.05) is 12.2 Å². The molecule has 5 heteroatoms. The molecular formula is C15H14N4S. The second kappa shape index (κ2) is 6.73. The van der Waals surface area contributed by atoms with Crippen molar-refractivity contribution in [3.8, 4) is 6.07 Å². The first kappa shape index (κ1) is 14.1. The number of anilines is 1. The summed E-state index contributed by atoms with van der Waals surface area (Å²) in [5.74, 6) is 0.941. The largest absolute Gasteiger partial charge is 0.382 e. The van der Waals surface area contributed by atoms with Crippen LogP contribution in [0.15, 0.2) is 48.1 Å². The van der Waals surface area contributed by atoms with Crippen molar-refractivity contribution in [3.05, 3.63) is 59.8 Å². The maximum atomic E-state index is 9.21. The van der Waals surface area contributed by atoms with Crippen molar-refractivity contribution >= 4 is 17.6 Å². The van der Waals surface area contributed by atoms with E-state index >= 15 is 0 Å². The Bertz CT molecular complexity index is 647. The molecule has 0 aliphatic rings. The number of benzene rings is 1. The van der Waals surface area contributed by atoms with E-state index in [2.05, 4.69) is 22.6 Å². The Kier molecular flexibility index (Phi) is 4.75. The average Bonchev–Trinajstić information content (AvgIpc) is 2.46. The average molecular weight is 282 g/mol. The third-order valence-electron chi connectivity index (χ3n) is 2.65. The molecule has 0 bridgehead atoms. The molecule has 20 heavy (non-hydrogen) atoms. The third kappa shape index (κ3) is 3.37. The van der Waals surface area contributed by atoms with Crippen LogP contribution in [-0.4, -0.2) is 15.7 Å². The van der Waals surface area contributed by atoms with Crippen molar-refractivity contribution < 1.29 is 0 Å². The zero-order chi connectivity index (χ0) is 14.4. The van der Waals surface area contributed by atoms with Crippen LogP contribution in [0.4, 0.5) is 5.82 Å². The molecule has 0 saturated heterocycles. The molecule has 0 radical (unpaired) electrons. The minimum absolute atomic E-state index is 0.236. The second-order valence-corrected chi connectivity index (χ2v) is 5.07. The van der Waals surface area contributed by atoms with Gasteiger partial charge in [-0.15, -0.1) is 6.58 Å². The van der Waals surface area contributed by atoms with Gasteiger partial charge in [-0.25, -0.2) is 9.97 Å². The Morgan fingerprint density at radius 1 is 1.30 bits per heavy atom.